The van der Waals surface area contributed by atoms with Gasteiger partial charge in [-0.3, -0.25) is 14.4 Å². The number of aromatic carboxylic acids is 1. The molecule has 0 bridgehead atoms. The van der Waals surface area contributed by atoms with Gasteiger partial charge in [-0.25, -0.2) is 23.5 Å². The molecule has 792 valence electrons. The number of carbonyl (C=O) groups is 4. The fourth-order valence-corrected chi connectivity index (χ4v) is 20.4. The number of carboxylic acids is 1. The molecule has 8 aromatic carbocycles. The van der Waals surface area contributed by atoms with E-state index in [1.165, 1.54) is 242 Å². The zero-order chi connectivity index (χ0) is 106. The molecule has 147 heavy (non-hydrogen) atoms. The van der Waals surface area contributed by atoms with Gasteiger partial charge in [0.25, 0.3) is 17.7 Å². The molecule has 0 aliphatic heterocycles. The van der Waals surface area contributed by atoms with Crippen LogP contribution in [0.1, 0.15) is 361 Å². The van der Waals surface area contributed by atoms with Crippen LogP contribution in [0.15, 0.2) is 182 Å². The molecule has 4 N–H and O–H groups in total. The minimum absolute atomic E-state index is 0.0361. The van der Waals surface area contributed by atoms with Crippen molar-refractivity contribution in [1.29, 1.82) is 0 Å². The van der Waals surface area contributed by atoms with Gasteiger partial charge in [0.05, 0.1) is 65.6 Å². The highest BCUT2D eigenvalue weighted by Gasteiger charge is 2.29. The minimum Gasteiger partial charge on any atom is -0.476 e. The highest BCUT2D eigenvalue weighted by atomic mass is 35.5. The molecule has 12 rings (SSSR count). The van der Waals surface area contributed by atoms with E-state index in [1.807, 2.05) is 112 Å². The Bertz CT molecular complexity index is 6050. The molecule has 0 saturated carbocycles. The maximum absolute atomic E-state index is 13.2. The van der Waals surface area contributed by atoms with Crippen LogP contribution in [0.25, 0.3) is 67.8 Å². The Labute approximate surface area is 933 Å². The zero-order valence-corrected chi connectivity index (χ0v) is 95.6. The third-order valence-corrected chi connectivity index (χ3v) is 29.4. The molecule has 0 spiro atoms. The van der Waals surface area contributed by atoms with Gasteiger partial charge in [-0.2, -0.15) is 20.4 Å². The number of nitrogens with zero attached hydrogens (tertiary/aromatic N) is 8. The minimum atomic E-state index is -1.11. The number of benzene rings is 8. The maximum Gasteiger partial charge on any atom is 0.356 e. The first kappa shape index (κ1) is 122. The second kappa shape index (κ2) is 67.9. The van der Waals surface area contributed by atoms with Gasteiger partial charge in [0.2, 0.25) is 0 Å². The summed E-state index contributed by atoms with van der Waals surface area (Å²) < 4.78 is 6.68. The van der Waals surface area contributed by atoms with Crippen molar-refractivity contribution in [3.05, 3.63) is 287 Å². The molecular formula is C119H147Cl12N11O5. The summed E-state index contributed by atoms with van der Waals surface area (Å²) in [5.41, 5.74) is 13.0. The molecule has 16 nitrogen and oxygen atoms in total. The van der Waals surface area contributed by atoms with Crippen LogP contribution in [-0.2, 0) is 0 Å². The van der Waals surface area contributed by atoms with Crippen LogP contribution in [0, 0.1) is 27.7 Å². The molecule has 0 aliphatic rings. The second-order valence-electron chi connectivity index (χ2n) is 37.9. The normalized spacial score (nSPS) is 11.2. The third-order valence-electron chi connectivity index (χ3n) is 26.2. The van der Waals surface area contributed by atoms with Crippen LogP contribution in [0.2, 0.25) is 60.3 Å². The number of nitrogens with one attached hydrogen (secondary N) is 3. The fourth-order valence-electron chi connectivity index (χ4n) is 18.0. The molecule has 4 heterocycles. The number of carbonyl (C=O) groups excluding carboxylic acids is 3. The molecule has 0 aliphatic carbocycles. The number of carboxylic acid groups (broad SMARTS) is 1. The van der Waals surface area contributed by atoms with Gasteiger partial charge >= 0.3 is 5.97 Å². The van der Waals surface area contributed by atoms with Crippen molar-refractivity contribution in [2.24, 2.45) is 0 Å². The van der Waals surface area contributed by atoms with Crippen LogP contribution < -0.4 is 16.0 Å². The summed E-state index contributed by atoms with van der Waals surface area (Å²) in [5.74, 6) is -1.64. The number of unbranched alkanes of at least 4 members (excludes halogenated alkanes) is 39. The quantitative estimate of drug-likeness (QED) is 0.0212. The Kier molecular flexibility index (Phi) is 56.4. The largest absolute Gasteiger partial charge is 0.476 e. The number of hydrogen-bond donors (Lipinski definition) is 4. The summed E-state index contributed by atoms with van der Waals surface area (Å²) in [7, 11) is 0. The van der Waals surface area contributed by atoms with E-state index < -0.39 is 5.97 Å². The molecule has 12 aromatic rings. The number of amides is 3. The van der Waals surface area contributed by atoms with Crippen molar-refractivity contribution in [3.63, 3.8) is 0 Å². The lowest BCUT2D eigenvalue weighted by Gasteiger charge is -2.11. The Hall–Kier alpha value is -8.30. The van der Waals surface area contributed by atoms with Gasteiger partial charge in [0.1, 0.15) is 0 Å². The molecule has 4 aromatic heterocycles. The molecule has 0 saturated heterocycles. The lowest BCUT2D eigenvalue weighted by Crippen LogP contribution is -2.25. The van der Waals surface area contributed by atoms with Crippen LogP contribution in [0.3, 0.4) is 0 Å². The third kappa shape index (κ3) is 40.7. The molecule has 28 heteroatoms. The average molecular weight is 2240 g/mol. The van der Waals surface area contributed by atoms with Crippen molar-refractivity contribution < 1.29 is 24.3 Å². The summed E-state index contributed by atoms with van der Waals surface area (Å²) in [4.78, 5) is 51.0. The summed E-state index contributed by atoms with van der Waals surface area (Å²) in [5, 5.41) is 43.3. The lowest BCUT2D eigenvalue weighted by atomic mass is 10.0. The van der Waals surface area contributed by atoms with Crippen molar-refractivity contribution in [1.82, 2.24) is 55.1 Å². The van der Waals surface area contributed by atoms with Gasteiger partial charge in [0, 0.05) is 104 Å². The highest BCUT2D eigenvalue weighted by molar-refractivity contribution is 6.38. The van der Waals surface area contributed by atoms with E-state index in [0.29, 0.717) is 131 Å². The Morgan fingerprint density at radius 1 is 0.245 bits per heavy atom. The summed E-state index contributed by atoms with van der Waals surface area (Å²) in [6.07, 6.45) is 60.5. The molecule has 0 radical (unpaired) electrons. The number of hydrogen-bond acceptors (Lipinski definition) is 8. The fraction of sp³-hybridized carbons (Fsp3) is 0.445. The van der Waals surface area contributed by atoms with Gasteiger partial charge in [-0.1, -0.05) is 452 Å². The number of rotatable bonds is 59. The predicted octanol–water partition coefficient (Wildman–Crippen LogP) is 39.5. The maximum atomic E-state index is 13.2. The van der Waals surface area contributed by atoms with Crippen molar-refractivity contribution in [2.45, 2.75) is 325 Å². The Balaban J connectivity index is 0.000000221. The van der Waals surface area contributed by atoms with Gasteiger partial charge in [-0.05, 0) is 194 Å². The summed E-state index contributed by atoms with van der Waals surface area (Å²) >= 11 is 74.5. The first-order valence-corrected chi connectivity index (χ1v) is 57.6. The number of halogens is 12. The predicted molar refractivity (Wildman–Crippen MR) is 624 cm³/mol. The topological polar surface area (TPSA) is 196 Å². The molecule has 0 atom stereocenters. The van der Waals surface area contributed by atoms with E-state index in [9.17, 15) is 24.3 Å². The summed E-state index contributed by atoms with van der Waals surface area (Å²) in [6, 6.07) is 50.3. The molecule has 0 unspecified atom stereocenters. The molecular weight excluding hydrogens is 2090 g/mol. The van der Waals surface area contributed by atoms with Crippen molar-refractivity contribution >= 4 is 163 Å². The van der Waals surface area contributed by atoms with Gasteiger partial charge in [0.15, 0.2) is 22.8 Å². The monoisotopic (exact) mass is 2230 g/mol. The van der Waals surface area contributed by atoms with Crippen LogP contribution >= 0.6 is 139 Å². The van der Waals surface area contributed by atoms with E-state index in [4.69, 9.17) is 155 Å². The smallest absolute Gasteiger partial charge is 0.356 e. The lowest BCUT2D eigenvalue weighted by molar-refractivity contribution is 0.0688. The molecule has 0 fully saturated rings. The number of allylic oxidation sites excluding steroid dienone is 2. The first-order chi connectivity index (χ1) is 71.1. The summed E-state index contributed by atoms with van der Waals surface area (Å²) in [6.45, 7) is 16.2. The SMILES string of the molecule is CCCCCCC/C=C/CCCCCCCCNC(=O)c1nn(-c2ccc(Cl)cc2Cl)c(-c2ccc(Cl)cc2)c1C.CCCCCCCCCCCCCCCCCCNC(=O)c1nn(-c2ccc(Cl)cc2Cl)c(-c2ccc(Cl)cc2)c1C.CCCCCCCCCCCCCCCCNC(=O)c1nn(-c2ccc(Cl)cc2Cl)c(-c2ccc(Cl)cc2)c1C.Cc1c(C(=O)O)nn(-c2ccc(Cl)cc2Cl)c1-c1ccc(Cl)cc1. The van der Waals surface area contributed by atoms with Crippen LogP contribution in [0.4, 0.5) is 0 Å². The Morgan fingerprint density at radius 3 is 0.619 bits per heavy atom. The Morgan fingerprint density at radius 2 is 0.422 bits per heavy atom. The average Bonchev–Trinajstić information content (AvgIpc) is 1.63. The van der Waals surface area contributed by atoms with E-state index >= 15 is 0 Å². The van der Waals surface area contributed by atoms with Crippen molar-refractivity contribution in [3.8, 4) is 67.8 Å². The van der Waals surface area contributed by atoms with Gasteiger partial charge < -0.3 is 21.1 Å². The van der Waals surface area contributed by atoms with E-state index in [0.717, 1.165) is 94.6 Å². The van der Waals surface area contributed by atoms with E-state index in [2.05, 4.69) is 54.0 Å². The standard InChI is InChI=1S/C35H48Cl3N3O.C34H44Cl3N3O.C33H44Cl3N3O.C17H11Cl3N2O2/c1-3-4-5-6-7-8-9-10-11-12-13-14-15-16-17-18-25-39-35(42)33-27(2)34(28-19-21-29(36)22-20-28)41(40-33)32-24-23-30(37)26-31(32)38;1-3-4-5-6-7-8-9-10-11-12-13-14-15-16-17-24-38-34(41)32-26(2)33(27-18-20-28(35)21-19-27)40(39-32)31-23-22-29(36)25-30(31)37;1-3-4-5-6-7-8-9-10-11-12-13-14-15-16-23-37-33(40)31-25(2)32(26-17-19-27(34)20-18-26)39(38-31)30-22-21-28(35)24-29(30)36;1-9-15(17(23)24)21-22(14-7-6-12(19)8-13(14)20)16(9)10-2-4-11(18)5-3-10/h19-24,26H,3-18,25H2,1-2H3,(H,39,42);9-10,18-23,25H,3-8,11-17,24H2,1-2H3,(H,38,41);17-22,24H,3-16,23H2,1-2H3,(H,37,40);2-8H,1H3,(H,23,24)/b;10-9+;;. The first-order valence-electron chi connectivity index (χ1n) is 53.1. The van der Waals surface area contributed by atoms with Crippen LogP contribution in [-0.4, -0.2) is 87.6 Å². The second-order valence-corrected chi connectivity index (χ2v) is 43.0. The zero-order valence-electron chi connectivity index (χ0n) is 86.5. The number of aromatic nitrogens is 8. The van der Waals surface area contributed by atoms with E-state index in [-0.39, 0.29) is 23.4 Å². The highest BCUT2D eigenvalue weighted by Crippen LogP contribution is 2.40. The molecule has 3 amide bonds. The van der Waals surface area contributed by atoms with Crippen LogP contribution in [0.5, 0.6) is 0 Å². The van der Waals surface area contributed by atoms with Crippen molar-refractivity contribution in [2.75, 3.05) is 19.6 Å². The van der Waals surface area contributed by atoms with Gasteiger partial charge in [-0.15, -0.1) is 0 Å². The van der Waals surface area contributed by atoms with E-state index in [1.54, 1.807) is 99.8 Å².